The normalized spacial score (nSPS) is 19.7. The summed E-state index contributed by atoms with van der Waals surface area (Å²) in [4.78, 5) is 22.9. The van der Waals surface area contributed by atoms with Gasteiger partial charge in [-0.2, -0.15) is 5.10 Å². The van der Waals surface area contributed by atoms with Crippen LogP contribution in [0.5, 0.6) is 11.5 Å². The van der Waals surface area contributed by atoms with E-state index < -0.39 is 0 Å². The first-order valence-electron chi connectivity index (χ1n) is 10.9. The van der Waals surface area contributed by atoms with Gasteiger partial charge in [0.05, 0.1) is 18.0 Å². The van der Waals surface area contributed by atoms with Gasteiger partial charge in [0.1, 0.15) is 29.3 Å². The van der Waals surface area contributed by atoms with Gasteiger partial charge in [-0.05, 0) is 42.8 Å². The molecule has 2 atom stereocenters. The molecule has 166 valence electrons. The van der Waals surface area contributed by atoms with E-state index in [1.54, 1.807) is 0 Å². The van der Waals surface area contributed by atoms with Crippen molar-refractivity contribution in [3.8, 4) is 22.8 Å². The Hall–Kier alpha value is -3.98. The van der Waals surface area contributed by atoms with Crippen LogP contribution in [-0.2, 0) is 9.53 Å². The fraction of sp³-hybridized carbons (Fsp3) is 0.250. The second kappa shape index (κ2) is 7.86. The number of nitrogens with zero attached hydrogens (tertiary/aromatic N) is 5. The Morgan fingerprint density at radius 1 is 1.06 bits per heavy atom. The smallest absolute Gasteiger partial charge is 0.254 e. The van der Waals surface area contributed by atoms with Crippen molar-refractivity contribution in [2.45, 2.75) is 18.6 Å². The number of fused-ring (bicyclic) bond motifs is 1. The number of carbonyl (C=O) groups is 1. The summed E-state index contributed by atoms with van der Waals surface area (Å²) in [5.41, 5.74) is 8.52. The number of hydrogen-bond acceptors (Lipinski definition) is 7. The first kappa shape index (κ1) is 19.7. The number of nitrogens with two attached hydrogens (primary N) is 1. The molecule has 0 spiro atoms. The monoisotopic (exact) mass is 442 g/mol. The number of hydrogen-bond donors (Lipinski definition) is 1. The Labute approximate surface area is 189 Å². The van der Waals surface area contributed by atoms with Gasteiger partial charge in [-0.1, -0.05) is 18.2 Å². The van der Waals surface area contributed by atoms with E-state index in [1.165, 1.54) is 6.33 Å². The number of likely N-dealkylation sites (tertiary alicyclic amines) is 1. The number of nitrogen functional groups attached to an aromatic ring is 1. The van der Waals surface area contributed by atoms with Crippen molar-refractivity contribution >= 4 is 22.8 Å². The lowest BCUT2D eigenvalue weighted by Gasteiger charge is -2.15. The Morgan fingerprint density at radius 2 is 1.82 bits per heavy atom. The van der Waals surface area contributed by atoms with Crippen molar-refractivity contribution in [2.75, 3.05) is 25.4 Å². The highest BCUT2D eigenvalue weighted by molar-refractivity contribution is 5.98. The molecule has 4 heterocycles. The van der Waals surface area contributed by atoms with Crippen LogP contribution >= 0.6 is 0 Å². The van der Waals surface area contributed by atoms with Gasteiger partial charge in [0.2, 0.25) is 0 Å². The highest BCUT2D eigenvalue weighted by atomic mass is 16.6. The van der Waals surface area contributed by atoms with Crippen LogP contribution in [0.15, 0.2) is 60.9 Å². The van der Waals surface area contributed by atoms with Crippen LogP contribution in [0, 0.1) is 0 Å². The maximum atomic E-state index is 12.4. The van der Waals surface area contributed by atoms with Crippen LogP contribution in [0.4, 0.5) is 5.82 Å². The number of ether oxygens (including phenoxy) is 2. The van der Waals surface area contributed by atoms with Gasteiger partial charge in [0.25, 0.3) is 5.91 Å². The van der Waals surface area contributed by atoms with Crippen LogP contribution in [-0.4, -0.2) is 56.4 Å². The molecule has 0 saturated carbocycles. The first-order valence-corrected chi connectivity index (χ1v) is 10.9. The molecule has 2 aliphatic rings. The summed E-state index contributed by atoms with van der Waals surface area (Å²) < 4.78 is 12.9. The molecule has 4 aromatic rings. The summed E-state index contributed by atoms with van der Waals surface area (Å²) in [6, 6.07) is 17.3. The third kappa shape index (κ3) is 3.66. The highest BCUT2D eigenvalue weighted by Gasteiger charge is 2.39. The summed E-state index contributed by atoms with van der Waals surface area (Å²) in [5.74, 6) is 1.93. The number of anilines is 1. The molecule has 2 N–H and O–H groups in total. The lowest BCUT2D eigenvalue weighted by atomic mass is 10.1. The van der Waals surface area contributed by atoms with Crippen molar-refractivity contribution in [1.29, 1.82) is 0 Å². The average molecular weight is 442 g/mol. The second-order valence-corrected chi connectivity index (χ2v) is 8.24. The van der Waals surface area contributed by atoms with E-state index in [0.717, 1.165) is 23.5 Å². The average Bonchev–Trinajstić information content (AvgIpc) is 3.44. The summed E-state index contributed by atoms with van der Waals surface area (Å²) in [6.07, 6.45) is 1.97. The molecule has 1 amide bonds. The van der Waals surface area contributed by atoms with E-state index in [2.05, 4.69) is 9.97 Å². The molecule has 2 aliphatic heterocycles. The number of rotatable bonds is 5. The summed E-state index contributed by atoms with van der Waals surface area (Å²) in [5, 5.41) is 5.61. The predicted molar refractivity (Wildman–Crippen MR) is 122 cm³/mol. The van der Waals surface area contributed by atoms with Gasteiger partial charge in [-0.3, -0.25) is 4.79 Å². The zero-order valence-electron chi connectivity index (χ0n) is 17.8. The quantitative estimate of drug-likeness (QED) is 0.473. The van der Waals surface area contributed by atoms with Gasteiger partial charge in [-0.25, -0.2) is 14.6 Å². The minimum atomic E-state index is -0.275. The number of amides is 1. The summed E-state index contributed by atoms with van der Waals surface area (Å²) >= 11 is 0. The van der Waals surface area contributed by atoms with Gasteiger partial charge in [0, 0.05) is 18.7 Å². The van der Waals surface area contributed by atoms with Crippen molar-refractivity contribution < 1.29 is 14.3 Å². The molecule has 0 radical (unpaired) electrons. The molecule has 2 aromatic heterocycles. The van der Waals surface area contributed by atoms with E-state index in [0.29, 0.717) is 42.2 Å². The van der Waals surface area contributed by atoms with E-state index in [9.17, 15) is 4.79 Å². The van der Waals surface area contributed by atoms with Gasteiger partial charge < -0.3 is 20.1 Å². The fourth-order valence-electron chi connectivity index (χ4n) is 4.29. The SMILES string of the molecule is Nc1ncnc2c1c(-c1ccc(Oc3ccccc3)cc1)nn2C1CCN(C(=O)[C@H]2CO2)C1. The summed E-state index contributed by atoms with van der Waals surface area (Å²) in [7, 11) is 0. The third-order valence-electron chi connectivity index (χ3n) is 6.05. The van der Waals surface area contributed by atoms with E-state index in [4.69, 9.17) is 20.3 Å². The van der Waals surface area contributed by atoms with Crippen molar-refractivity contribution in [3.05, 3.63) is 60.9 Å². The molecule has 1 unspecified atom stereocenters. The summed E-state index contributed by atoms with van der Waals surface area (Å²) in [6.45, 7) is 1.76. The molecular formula is C24H22N6O3. The van der Waals surface area contributed by atoms with Crippen LogP contribution in [0.3, 0.4) is 0 Å². The van der Waals surface area contributed by atoms with Crippen molar-refractivity contribution in [2.24, 2.45) is 0 Å². The number of epoxide rings is 1. The molecule has 0 aliphatic carbocycles. The molecule has 2 fully saturated rings. The largest absolute Gasteiger partial charge is 0.457 e. The van der Waals surface area contributed by atoms with Gasteiger partial charge >= 0.3 is 0 Å². The van der Waals surface area contributed by atoms with Gasteiger partial charge in [-0.15, -0.1) is 0 Å². The fourth-order valence-corrected chi connectivity index (χ4v) is 4.29. The zero-order chi connectivity index (χ0) is 22.4. The topological polar surface area (TPSA) is 112 Å². The maximum Gasteiger partial charge on any atom is 0.254 e. The lowest BCUT2D eigenvalue weighted by Crippen LogP contribution is -2.32. The van der Waals surface area contributed by atoms with Crippen LogP contribution < -0.4 is 10.5 Å². The van der Waals surface area contributed by atoms with E-state index >= 15 is 0 Å². The molecule has 0 bridgehead atoms. The lowest BCUT2D eigenvalue weighted by molar-refractivity contribution is -0.131. The Kier molecular flexibility index (Phi) is 4.69. The van der Waals surface area contributed by atoms with Gasteiger partial charge in [0.15, 0.2) is 11.8 Å². The van der Waals surface area contributed by atoms with Crippen LogP contribution in [0.1, 0.15) is 12.5 Å². The standard InChI is InChI=1S/C24H22N6O3/c25-22-20-21(15-6-8-18(9-7-15)33-17-4-2-1-3-5-17)28-30(23(20)27-14-26-22)16-10-11-29(12-16)24(31)19-13-32-19/h1-9,14,16,19H,10-13H2,(H2,25,26,27)/t16?,19-/m1/s1. The molecular weight excluding hydrogens is 420 g/mol. The minimum Gasteiger partial charge on any atom is -0.457 e. The molecule has 2 saturated heterocycles. The first-order chi connectivity index (χ1) is 16.2. The molecule has 6 rings (SSSR count). The Morgan fingerprint density at radius 3 is 2.58 bits per heavy atom. The number of aromatic nitrogens is 4. The Balaban J connectivity index is 1.32. The molecule has 9 nitrogen and oxygen atoms in total. The maximum absolute atomic E-state index is 12.4. The van der Waals surface area contributed by atoms with Crippen LogP contribution in [0.25, 0.3) is 22.3 Å². The third-order valence-corrected chi connectivity index (χ3v) is 6.05. The van der Waals surface area contributed by atoms with Crippen molar-refractivity contribution in [3.63, 3.8) is 0 Å². The van der Waals surface area contributed by atoms with E-state index in [-0.39, 0.29) is 18.1 Å². The number of benzene rings is 2. The second-order valence-electron chi connectivity index (χ2n) is 8.24. The zero-order valence-corrected chi connectivity index (χ0v) is 17.8. The van der Waals surface area contributed by atoms with E-state index in [1.807, 2.05) is 64.2 Å². The highest BCUT2D eigenvalue weighted by Crippen LogP contribution is 2.35. The molecule has 2 aromatic carbocycles. The van der Waals surface area contributed by atoms with Crippen molar-refractivity contribution in [1.82, 2.24) is 24.6 Å². The number of carbonyl (C=O) groups excluding carboxylic acids is 1. The van der Waals surface area contributed by atoms with Crippen LogP contribution in [0.2, 0.25) is 0 Å². The molecule has 33 heavy (non-hydrogen) atoms. The predicted octanol–water partition coefficient (Wildman–Crippen LogP) is 3.04. The number of para-hydroxylation sites is 1. The Bertz CT molecular complexity index is 1320. The minimum absolute atomic E-state index is 0.0129. The molecule has 9 heteroatoms.